The molecule has 3 rings (SSSR count). The van der Waals surface area contributed by atoms with Crippen LogP contribution in [-0.4, -0.2) is 43.7 Å². The largest absolute Gasteiger partial charge is 0.494 e. The lowest BCUT2D eigenvalue weighted by Crippen LogP contribution is -2.49. The Balaban J connectivity index is 1.70. The van der Waals surface area contributed by atoms with Crippen molar-refractivity contribution in [3.05, 3.63) is 53.6 Å². The van der Waals surface area contributed by atoms with Gasteiger partial charge in [-0.05, 0) is 56.7 Å². The lowest BCUT2D eigenvalue weighted by Gasteiger charge is -2.41. The summed E-state index contributed by atoms with van der Waals surface area (Å²) >= 11 is 0. The normalized spacial score (nSPS) is 19.4. The number of anilines is 1. The molecule has 1 amide bonds. The maximum absolute atomic E-state index is 12.5. The highest BCUT2D eigenvalue weighted by Gasteiger charge is 2.43. The number of carbonyl (C=O) groups is 1. The summed E-state index contributed by atoms with van der Waals surface area (Å²) in [6.45, 7) is 6.30. The highest BCUT2D eigenvalue weighted by molar-refractivity contribution is 5.87. The van der Waals surface area contributed by atoms with Gasteiger partial charge in [-0.3, -0.25) is 4.90 Å². The molecule has 0 spiro atoms. The Labute approximate surface area is 177 Å². The summed E-state index contributed by atoms with van der Waals surface area (Å²) in [6, 6.07) is 12.7. The molecule has 162 valence electrons. The van der Waals surface area contributed by atoms with Gasteiger partial charge in [0.2, 0.25) is 0 Å². The van der Waals surface area contributed by atoms with E-state index >= 15 is 0 Å². The molecule has 0 fully saturated rings. The van der Waals surface area contributed by atoms with E-state index < -0.39 is 23.9 Å². The Hall–Kier alpha value is -2.77. The van der Waals surface area contributed by atoms with Crippen LogP contribution in [0.25, 0.3) is 0 Å². The van der Waals surface area contributed by atoms with Crippen LogP contribution in [0.4, 0.5) is 10.5 Å². The third-order valence-corrected chi connectivity index (χ3v) is 5.18. The van der Waals surface area contributed by atoms with E-state index in [1.54, 1.807) is 32.4 Å². The first-order valence-electron chi connectivity index (χ1n) is 9.93. The number of carbonyl (C=O) groups excluding carboxylic acids is 1. The number of amides is 1. The van der Waals surface area contributed by atoms with E-state index in [9.17, 15) is 9.90 Å². The minimum Gasteiger partial charge on any atom is -0.494 e. The molecule has 2 aromatic carbocycles. The Kier molecular flexibility index (Phi) is 6.53. The van der Waals surface area contributed by atoms with Crippen molar-refractivity contribution in [2.45, 2.75) is 45.2 Å². The fourth-order valence-corrected chi connectivity index (χ4v) is 3.39. The van der Waals surface area contributed by atoms with Gasteiger partial charge in [0.1, 0.15) is 35.9 Å². The predicted molar refractivity (Wildman–Crippen MR) is 113 cm³/mol. The summed E-state index contributed by atoms with van der Waals surface area (Å²) in [4.78, 5) is 14.0. The lowest BCUT2D eigenvalue weighted by molar-refractivity contribution is -0.124. The quantitative estimate of drug-likeness (QED) is 0.766. The van der Waals surface area contributed by atoms with Crippen LogP contribution in [0.1, 0.15) is 38.0 Å². The third kappa shape index (κ3) is 4.52. The van der Waals surface area contributed by atoms with Gasteiger partial charge >= 0.3 is 6.09 Å². The van der Waals surface area contributed by atoms with Gasteiger partial charge in [0.05, 0.1) is 6.61 Å². The first kappa shape index (κ1) is 21.9. The number of ether oxygens (including phenoxy) is 4. The number of benzene rings is 2. The molecule has 2 unspecified atom stereocenters. The smallest absolute Gasteiger partial charge is 0.414 e. The van der Waals surface area contributed by atoms with Crippen LogP contribution in [0.15, 0.2) is 42.5 Å². The van der Waals surface area contributed by atoms with Crippen LogP contribution in [-0.2, 0) is 16.1 Å². The molecule has 30 heavy (non-hydrogen) atoms. The average Bonchev–Trinajstić information content (AvgIpc) is 2.73. The van der Waals surface area contributed by atoms with Crippen molar-refractivity contribution in [1.82, 2.24) is 0 Å². The molecule has 0 saturated carbocycles. The van der Waals surface area contributed by atoms with Gasteiger partial charge < -0.3 is 24.1 Å². The number of methoxy groups -OCH3 is 1. The van der Waals surface area contributed by atoms with E-state index in [1.165, 1.54) is 4.90 Å². The summed E-state index contributed by atoms with van der Waals surface area (Å²) in [5, 5.41) is 10.6. The van der Waals surface area contributed by atoms with Crippen molar-refractivity contribution in [3.63, 3.8) is 0 Å². The summed E-state index contributed by atoms with van der Waals surface area (Å²) in [5.74, 6) is 1.40. The molecule has 7 heteroatoms. The maximum atomic E-state index is 12.5. The van der Waals surface area contributed by atoms with Crippen LogP contribution >= 0.6 is 0 Å². The zero-order chi connectivity index (χ0) is 21.9. The Morgan fingerprint density at radius 3 is 2.53 bits per heavy atom. The summed E-state index contributed by atoms with van der Waals surface area (Å²) in [7, 11) is 3.18. The fraction of sp³-hybridized carbons (Fsp3) is 0.435. The van der Waals surface area contributed by atoms with Gasteiger partial charge in [-0.15, -0.1) is 0 Å². The van der Waals surface area contributed by atoms with Gasteiger partial charge in [0, 0.05) is 25.4 Å². The van der Waals surface area contributed by atoms with Crippen LogP contribution in [0.3, 0.4) is 0 Å². The molecule has 1 aliphatic heterocycles. The van der Waals surface area contributed by atoms with Crippen LogP contribution in [0, 0.1) is 0 Å². The maximum Gasteiger partial charge on any atom is 0.414 e. The number of aliphatic hydroxyl groups excluding tert-OH is 1. The second-order valence-electron chi connectivity index (χ2n) is 7.72. The second kappa shape index (κ2) is 8.93. The molecule has 0 aromatic heterocycles. The molecular formula is C23H29NO6. The first-order chi connectivity index (χ1) is 14.3. The minimum atomic E-state index is -0.845. The van der Waals surface area contributed by atoms with Gasteiger partial charge in [0.15, 0.2) is 0 Å². The Morgan fingerprint density at radius 1 is 1.20 bits per heavy atom. The van der Waals surface area contributed by atoms with Crippen molar-refractivity contribution in [1.29, 1.82) is 0 Å². The summed E-state index contributed by atoms with van der Waals surface area (Å²) < 4.78 is 22.3. The minimum absolute atomic E-state index is 0.150. The van der Waals surface area contributed by atoms with Crippen molar-refractivity contribution in [2.75, 3.05) is 25.7 Å². The summed E-state index contributed by atoms with van der Waals surface area (Å²) in [6.07, 6.45) is -1.89. The number of rotatable bonds is 6. The zero-order valence-corrected chi connectivity index (χ0v) is 18.0. The van der Waals surface area contributed by atoms with Gasteiger partial charge in [-0.1, -0.05) is 12.1 Å². The van der Waals surface area contributed by atoms with E-state index in [4.69, 9.17) is 18.9 Å². The zero-order valence-electron chi connectivity index (χ0n) is 18.0. The number of aliphatic hydroxyl groups is 1. The van der Waals surface area contributed by atoms with Gasteiger partial charge in [-0.2, -0.15) is 0 Å². The number of hydrogen-bond acceptors (Lipinski definition) is 6. The van der Waals surface area contributed by atoms with Crippen molar-refractivity contribution < 1.29 is 28.8 Å². The first-order valence-corrected chi connectivity index (χ1v) is 9.93. The molecule has 1 aliphatic rings. The Bertz CT molecular complexity index is 880. The highest BCUT2D eigenvalue weighted by atomic mass is 16.6. The van der Waals surface area contributed by atoms with Crippen LogP contribution in [0.2, 0.25) is 0 Å². The molecule has 1 heterocycles. The van der Waals surface area contributed by atoms with Crippen molar-refractivity contribution in [3.8, 4) is 11.5 Å². The standard InChI is InChI=1S/C23H29NO6/c1-6-28-17-10-7-15(8-11-17)14-29-22(26)24(4)16-9-12-19-18(13-16)20(27-5)21(25)23(2,3)30-19/h7-13,20-21,25H,6,14H2,1-5H3. The molecule has 1 N–H and O–H groups in total. The van der Waals surface area contributed by atoms with Crippen molar-refractivity contribution in [2.24, 2.45) is 0 Å². The molecule has 2 aromatic rings. The second-order valence-corrected chi connectivity index (χ2v) is 7.72. The van der Waals surface area contributed by atoms with E-state index in [2.05, 4.69) is 0 Å². The molecule has 0 aliphatic carbocycles. The van der Waals surface area contributed by atoms with E-state index in [0.29, 0.717) is 23.6 Å². The molecule has 7 nitrogen and oxygen atoms in total. The molecule has 0 bridgehead atoms. The predicted octanol–water partition coefficient (Wildman–Crippen LogP) is 4.08. The van der Waals surface area contributed by atoms with Gasteiger partial charge in [0.25, 0.3) is 0 Å². The molecular weight excluding hydrogens is 386 g/mol. The van der Waals surface area contributed by atoms with E-state index in [0.717, 1.165) is 11.3 Å². The van der Waals surface area contributed by atoms with Crippen molar-refractivity contribution >= 4 is 11.8 Å². The fourth-order valence-electron chi connectivity index (χ4n) is 3.39. The monoisotopic (exact) mass is 415 g/mol. The SMILES string of the molecule is CCOc1ccc(COC(=O)N(C)c2ccc3c(c2)C(OC)C(O)C(C)(C)O3)cc1. The molecule has 0 radical (unpaired) electrons. The average molecular weight is 415 g/mol. The van der Waals surface area contributed by atoms with Crippen LogP contribution in [0.5, 0.6) is 11.5 Å². The number of fused-ring (bicyclic) bond motifs is 1. The van der Waals surface area contributed by atoms with Gasteiger partial charge in [-0.25, -0.2) is 4.79 Å². The highest BCUT2D eigenvalue weighted by Crippen LogP contribution is 2.42. The number of hydrogen-bond donors (Lipinski definition) is 1. The van der Waals surface area contributed by atoms with E-state index in [-0.39, 0.29) is 6.61 Å². The lowest BCUT2D eigenvalue weighted by atomic mass is 9.88. The number of nitrogens with zero attached hydrogens (tertiary/aromatic N) is 1. The molecule has 0 saturated heterocycles. The van der Waals surface area contributed by atoms with Crippen LogP contribution < -0.4 is 14.4 Å². The molecule has 2 atom stereocenters. The topological polar surface area (TPSA) is 77.5 Å². The Morgan fingerprint density at radius 2 is 1.90 bits per heavy atom. The summed E-state index contributed by atoms with van der Waals surface area (Å²) in [5.41, 5.74) is 1.39. The third-order valence-electron chi connectivity index (χ3n) is 5.18. The van der Waals surface area contributed by atoms with E-state index in [1.807, 2.05) is 45.0 Å².